The molecule has 31 heavy (non-hydrogen) atoms. The van der Waals surface area contributed by atoms with E-state index >= 15 is 0 Å². The highest BCUT2D eigenvalue weighted by atomic mass is 35.5. The lowest BCUT2D eigenvalue weighted by molar-refractivity contribution is -0.383. The number of rotatable bonds is 9. The van der Waals surface area contributed by atoms with Crippen LogP contribution in [0.25, 0.3) is 0 Å². The molecule has 3 rings (SSSR count). The molecule has 11 heteroatoms. The van der Waals surface area contributed by atoms with Gasteiger partial charge in [0.25, 0.3) is 0 Å². The molecule has 1 heterocycles. The minimum absolute atomic E-state index is 0.0187. The number of nitrogens with zero attached hydrogens (tertiary/aromatic N) is 3. The molecule has 0 bridgehead atoms. The summed E-state index contributed by atoms with van der Waals surface area (Å²) in [4.78, 5) is 19.3. The van der Waals surface area contributed by atoms with E-state index < -0.39 is 4.92 Å². The van der Waals surface area contributed by atoms with Crippen molar-refractivity contribution in [2.45, 2.75) is 6.92 Å². The van der Waals surface area contributed by atoms with Gasteiger partial charge in [0, 0.05) is 11.8 Å². The highest BCUT2D eigenvalue weighted by Crippen LogP contribution is 2.40. The van der Waals surface area contributed by atoms with E-state index in [0.717, 1.165) is 0 Å². The number of nitro groups is 1. The standard InChI is InChI=1S/C20H20ClN5O5/c1-4-31-13-7-5-12(6-8-13)24-19-18(26(27)28)20(23-11-22-19)25-15-9-14(21)16(29-2)10-17(15)30-3/h5-11H,4H2,1-3H3,(H2,22,23,24,25). The van der Waals surface area contributed by atoms with Gasteiger partial charge in [-0.2, -0.15) is 0 Å². The van der Waals surface area contributed by atoms with Gasteiger partial charge in [0.05, 0.1) is 36.5 Å². The van der Waals surface area contributed by atoms with E-state index in [1.54, 1.807) is 30.3 Å². The van der Waals surface area contributed by atoms with Gasteiger partial charge in [-0.25, -0.2) is 9.97 Å². The fraction of sp³-hybridized carbons (Fsp3) is 0.200. The molecule has 2 N–H and O–H groups in total. The summed E-state index contributed by atoms with van der Waals surface area (Å²) < 4.78 is 15.9. The van der Waals surface area contributed by atoms with Gasteiger partial charge in [-0.1, -0.05) is 11.6 Å². The molecule has 0 atom stereocenters. The van der Waals surface area contributed by atoms with E-state index in [1.807, 2.05) is 6.92 Å². The number of ether oxygens (including phenoxy) is 3. The highest BCUT2D eigenvalue weighted by Gasteiger charge is 2.24. The van der Waals surface area contributed by atoms with Crippen LogP contribution in [0.5, 0.6) is 17.2 Å². The van der Waals surface area contributed by atoms with Crippen LogP contribution in [0.1, 0.15) is 6.92 Å². The fourth-order valence-corrected chi connectivity index (χ4v) is 3.00. The first-order valence-electron chi connectivity index (χ1n) is 9.14. The van der Waals surface area contributed by atoms with Crippen LogP contribution in [0.2, 0.25) is 5.02 Å². The maximum atomic E-state index is 11.8. The normalized spacial score (nSPS) is 10.3. The maximum absolute atomic E-state index is 11.8. The Bertz CT molecular complexity index is 1080. The number of halogens is 1. The zero-order chi connectivity index (χ0) is 22.4. The quantitative estimate of drug-likeness (QED) is 0.348. The monoisotopic (exact) mass is 445 g/mol. The van der Waals surface area contributed by atoms with Gasteiger partial charge in [0.1, 0.15) is 23.6 Å². The second-order valence-corrected chi connectivity index (χ2v) is 6.48. The van der Waals surface area contributed by atoms with E-state index in [4.69, 9.17) is 25.8 Å². The molecule has 0 fully saturated rings. The van der Waals surface area contributed by atoms with Crippen molar-refractivity contribution in [2.75, 3.05) is 31.5 Å². The molecule has 0 spiro atoms. The lowest BCUT2D eigenvalue weighted by Gasteiger charge is -2.14. The van der Waals surface area contributed by atoms with Crippen molar-refractivity contribution in [1.29, 1.82) is 0 Å². The van der Waals surface area contributed by atoms with Crippen LogP contribution >= 0.6 is 11.6 Å². The molecule has 0 aliphatic rings. The summed E-state index contributed by atoms with van der Waals surface area (Å²) in [6, 6.07) is 10.1. The molecule has 162 valence electrons. The van der Waals surface area contributed by atoms with Crippen molar-refractivity contribution in [1.82, 2.24) is 9.97 Å². The zero-order valence-electron chi connectivity index (χ0n) is 17.0. The van der Waals surface area contributed by atoms with E-state index in [2.05, 4.69) is 20.6 Å². The second-order valence-electron chi connectivity index (χ2n) is 6.07. The van der Waals surface area contributed by atoms with Crippen LogP contribution < -0.4 is 24.8 Å². The summed E-state index contributed by atoms with van der Waals surface area (Å²) in [6.45, 7) is 2.42. The van der Waals surface area contributed by atoms with Gasteiger partial charge in [0.2, 0.25) is 11.6 Å². The van der Waals surface area contributed by atoms with Gasteiger partial charge < -0.3 is 24.8 Å². The molecular formula is C20H20ClN5O5. The summed E-state index contributed by atoms with van der Waals surface area (Å²) in [7, 11) is 2.93. The Morgan fingerprint density at radius 2 is 1.68 bits per heavy atom. The first-order valence-corrected chi connectivity index (χ1v) is 9.52. The number of anilines is 4. The van der Waals surface area contributed by atoms with Crippen LogP contribution in [0, 0.1) is 10.1 Å². The van der Waals surface area contributed by atoms with Crippen molar-refractivity contribution in [3.63, 3.8) is 0 Å². The minimum Gasteiger partial charge on any atom is -0.495 e. The van der Waals surface area contributed by atoms with Crippen LogP contribution in [-0.4, -0.2) is 35.7 Å². The predicted octanol–water partition coefficient (Wildman–Crippen LogP) is 4.94. The summed E-state index contributed by atoms with van der Waals surface area (Å²) in [6.07, 6.45) is 1.21. The third-order valence-corrected chi connectivity index (χ3v) is 4.46. The SMILES string of the molecule is CCOc1ccc(Nc2ncnc(Nc3cc(Cl)c(OC)cc3OC)c2[N+](=O)[O-])cc1. The number of benzene rings is 2. The Hall–Kier alpha value is -3.79. The van der Waals surface area contributed by atoms with E-state index in [9.17, 15) is 10.1 Å². The van der Waals surface area contributed by atoms with Gasteiger partial charge >= 0.3 is 5.69 Å². The zero-order valence-corrected chi connectivity index (χ0v) is 17.8. The molecule has 0 saturated carbocycles. The van der Waals surface area contributed by atoms with Crippen molar-refractivity contribution in [3.8, 4) is 17.2 Å². The van der Waals surface area contributed by atoms with Crippen LogP contribution in [0.4, 0.5) is 28.7 Å². The average molecular weight is 446 g/mol. The van der Waals surface area contributed by atoms with Gasteiger partial charge in [0.15, 0.2) is 0 Å². The minimum atomic E-state index is -0.573. The number of hydrogen-bond acceptors (Lipinski definition) is 9. The second kappa shape index (κ2) is 9.81. The maximum Gasteiger partial charge on any atom is 0.353 e. The number of aromatic nitrogens is 2. The Morgan fingerprint density at radius 3 is 2.26 bits per heavy atom. The lowest BCUT2D eigenvalue weighted by Crippen LogP contribution is -2.06. The summed E-state index contributed by atoms with van der Waals surface area (Å²) >= 11 is 6.19. The molecule has 2 aromatic carbocycles. The Balaban J connectivity index is 1.96. The lowest BCUT2D eigenvalue weighted by atomic mass is 10.2. The Morgan fingerprint density at radius 1 is 1.03 bits per heavy atom. The molecule has 0 saturated heterocycles. The van der Waals surface area contributed by atoms with Crippen molar-refractivity contribution < 1.29 is 19.1 Å². The van der Waals surface area contributed by atoms with Gasteiger partial charge in [-0.05, 0) is 37.3 Å². The molecule has 10 nitrogen and oxygen atoms in total. The molecule has 0 aliphatic heterocycles. The average Bonchev–Trinajstić information content (AvgIpc) is 2.75. The molecule has 0 unspecified atom stereocenters. The summed E-state index contributed by atoms with van der Waals surface area (Å²) in [5.41, 5.74) is 0.633. The molecule has 1 aromatic heterocycles. The van der Waals surface area contributed by atoms with Crippen molar-refractivity contribution >= 4 is 40.3 Å². The van der Waals surface area contributed by atoms with Crippen molar-refractivity contribution in [2.24, 2.45) is 0 Å². The van der Waals surface area contributed by atoms with E-state index in [-0.39, 0.29) is 17.3 Å². The fourth-order valence-electron chi connectivity index (χ4n) is 2.76. The van der Waals surface area contributed by atoms with Crippen molar-refractivity contribution in [3.05, 3.63) is 57.9 Å². The molecule has 3 aromatic rings. The van der Waals surface area contributed by atoms with Gasteiger partial charge in [-0.15, -0.1) is 0 Å². The van der Waals surface area contributed by atoms with E-state index in [0.29, 0.717) is 40.3 Å². The largest absolute Gasteiger partial charge is 0.495 e. The topological polar surface area (TPSA) is 121 Å². The van der Waals surface area contributed by atoms with E-state index in [1.165, 1.54) is 26.6 Å². The number of hydrogen-bond donors (Lipinski definition) is 2. The molecule has 0 aliphatic carbocycles. The Labute approximate surface area is 183 Å². The first-order chi connectivity index (χ1) is 15.0. The Kier molecular flexibility index (Phi) is 6.93. The number of nitrogens with one attached hydrogen (secondary N) is 2. The predicted molar refractivity (Wildman–Crippen MR) is 117 cm³/mol. The molecule has 0 amide bonds. The molecule has 0 radical (unpaired) electrons. The first kappa shape index (κ1) is 21.9. The third kappa shape index (κ3) is 5.04. The van der Waals surface area contributed by atoms with Crippen LogP contribution in [0.15, 0.2) is 42.7 Å². The summed E-state index contributed by atoms with van der Waals surface area (Å²) in [5, 5.41) is 18.0. The molecular weight excluding hydrogens is 426 g/mol. The smallest absolute Gasteiger partial charge is 0.353 e. The van der Waals surface area contributed by atoms with Gasteiger partial charge in [-0.3, -0.25) is 10.1 Å². The highest BCUT2D eigenvalue weighted by molar-refractivity contribution is 6.32. The summed E-state index contributed by atoms with van der Waals surface area (Å²) in [5.74, 6) is 1.45. The third-order valence-electron chi connectivity index (χ3n) is 4.16. The van der Waals surface area contributed by atoms with Crippen LogP contribution in [0.3, 0.4) is 0 Å². The number of methoxy groups -OCH3 is 2. The van der Waals surface area contributed by atoms with Crippen LogP contribution in [-0.2, 0) is 0 Å².